The minimum Gasteiger partial charge on any atom is -0.497 e. The van der Waals surface area contributed by atoms with E-state index in [1.807, 2.05) is 13.0 Å². The van der Waals surface area contributed by atoms with Crippen molar-refractivity contribution in [3.63, 3.8) is 0 Å². The summed E-state index contributed by atoms with van der Waals surface area (Å²) < 4.78 is 5.11. The minimum absolute atomic E-state index is 0.0146. The summed E-state index contributed by atoms with van der Waals surface area (Å²) in [4.78, 5) is 14.6. The monoisotopic (exact) mass is 189 g/mol. The Hall–Kier alpha value is -1.77. The highest BCUT2D eigenvalue weighted by Gasteiger charge is 2.03. The zero-order valence-corrected chi connectivity index (χ0v) is 8.13. The number of aromatic nitrogens is 1. The third-order valence-corrected chi connectivity index (χ3v) is 2.27. The van der Waals surface area contributed by atoms with E-state index in [-0.39, 0.29) is 5.43 Å². The quantitative estimate of drug-likeness (QED) is 0.743. The highest BCUT2D eigenvalue weighted by molar-refractivity contribution is 5.82. The van der Waals surface area contributed by atoms with Crippen LogP contribution in [0.2, 0.25) is 0 Å². The van der Waals surface area contributed by atoms with E-state index in [0.717, 1.165) is 11.1 Å². The summed E-state index contributed by atoms with van der Waals surface area (Å²) >= 11 is 0. The molecule has 0 saturated heterocycles. The molecule has 0 unspecified atom stereocenters. The normalized spacial score (nSPS) is 10.4. The van der Waals surface area contributed by atoms with Crippen LogP contribution in [0, 0.1) is 6.92 Å². The lowest BCUT2D eigenvalue weighted by atomic mass is 10.1. The van der Waals surface area contributed by atoms with Crippen molar-refractivity contribution < 1.29 is 4.74 Å². The zero-order chi connectivity index (χ0) is 10.1. The smallest absolute Gasteiger partial charge is 0.189 e. The van der Waals surface area contributed by atoms with Gasteiger partial charge in [-0.3, -0.25) is 4.79 Å². The van der Waals surface area contributed by atoms with Gasteiger partial charge in [0.15, 0.2) is 5.43 Å². The van der Waals surface area contributed by atoms with Crippen molar-refractivity contribution in [1.82, 2.24) is 4.98 Å². The molecule has 0 fully saturated rings. The molecule has 0 spiro atoms. The van der Waals surface area contributed by atoms with Crippen LogP contribution in [-0.4, -0.2) is 12.1 Å². The number of aryl methyl sites for hydroxylation is 1. The number of aromatic amines is 1. The lowest BCUT2D eigenvalue weighted by Gasteiger charge is -2.04. The molecule has 2 rings (SSSR count). The van der Waals surface area contributed by atoms with Crippen LogP contribution >= 0.6 is 0 Å². The number of benzene rings is 1. The molecule has 0 bridgehead atoms. The molecular formula is C11H11NO2. The molecule has 2 aromatic rings. The van der Waals surface area contributed by atoms with Crippen LogP contribution < -0.4 is 10.2 Å². The summed E-state index contributed by atoms with van der Waals surface area (Å²) in [6.45, 7) is 1.95. The maximum atomic E-state index is 11.5. The molecule has 0 aliphatic carbocycles. The number of hydrogen-bond donors (Lipinski definition) is 1. The molecule has 1 aromatic carbocycles. The second-order valence-electron chi connectivity index (χ2n) is 3.21. The average molecular weight is 189 g/mol. The molecule has 0 radical (unpaired) electrons. The van der Waals surface area contributed by atoms with Gasteiger partial charge in [-0.2, -0.15) is 0 Å². The van der Waals surface area contributed by atoms with E-state index < -0.39 is 0 Å². The van der Waals surface area contributed by atoms with Crippen LogP contribution in [0.25, 0.3) is 10.9 Å². The molecule has 0 saturated carbocycles. The second kappa shape index (κ2) is 3.18. The number of fused-ring (bicyclic) bond motifs is 1. The van der Waals surface area contributed by atoms with Crippen molar-refractivity contribution in [1.29, 1.82) is 0 Å². The highest BCUT2D eigenvalue weighted by atomic mass is 16.5. The topological polar surface area (TPSA) is 42.1 Å². The Morgan fingerprint density at radius 3 is 2.86 bits per heavy atom. The standard InChI is InChI=1S/C11H11NO2/c1-7-5-8(14-2)6-9-10(13)3-4-12-11(7)9/h3-6H,1-2H3,(H,12,13). The molecule has 0 amide bonds. The predicted molar refractivity (Wildman–Crippen MR) is 55.9 cm³/mol. The largest absolute Gasteiger partial charge is 0.497 e. The van der Waals surface area contributed by atoms with Gasteiger partial charge in [-0.15, -0.1) is 0 Å². The predicted octanol–water partition coefficient (Wildman–Crippen LogP) is 1.85. The third-order valence-electron chi connectivity index (χ3n) is 2.27. The summed E-state index contributed by atoms with van der Waals surface area (Å²) in [7, 11) is 1.59. The van der Waals surface area contributed by atoms with Crippen molar-refractivity contribution >= 4 is 10.9 Å². The van der Waals surface area contributed by atoms with E-state index >= 15 is 0 Å². The lowest BCUT2D eigenvalue weighted by Crippen LogP contribution is -2.01. The minimum atomic E-state index is 0.0146. The van der Waals surface area contributed by atoms with Gasteiger partial charge in [-0.25, -0.2) is 0 Å². The first-order valence-corrected chi connectivity index (χ1v) is 4.38. The van der Waals surface area contributed by atoms with E-state index in [1.165, 1.54) is 6.07 Å². The van der Waals surface area contributed by atoms with Crippen molar-refractivity contribution in [3.05, 3.63) is 40.2 Å². The molecule has 1 heterocycles. The van der Waals surface area contributed by atoms with E-state index in [9.17, 15) is 4.79 Å². The highest BCUT2D eigenvalue weighted by Crippen LogP contribution is 2.20. The summed E-state index contributed by atoms with van der Waals surface area (Å²) in [5, 5.41) is 0.671. The van der Waals surface area contributed by atoms with Gasteiger partial charge in [0.2, 0.25) is 0 Å². The fourth-order valence-electron chi connectivity index (χ4n) is 1.55. The number of nitrogens with one attached hydrogen (secondary N) is 1. The molecule has 1 aromatic heterocycles. The molecule has 0 atom stereocenters. The molecular weight excluding hydrogens is 178 g/mol. The van der Waals surface area contributed by atoms with Gasteiger partial charge in [0, 0.05) is 17.6 Å². The lowest BCUT2D eigenvalue weighted by molar-refractivity contribution is 0.415. The maximum absolute atomic E-state index is 11.5. The van der Waals surface area contributed by atoms with Crippen molar-refractivity contribution in [2.45, 2.75) is 6.92 Å². The van der Waals surface area contributed by atoms with Crippen LogP contribution in [0.4, 0.5) is 0 Å². The average Bonchev–Trinajstić information content (AvgIpc) is 2.19. The summed E-state index contributed by atoms with van der Waals surface area (Å²) in [6.07, 6.45) is 1.66. The summed E-state index contributed by atoms with van der Waals surface area (Å²) in [5.74, 6) is 0.715. The van der Waals surface area contributed by atoms with Crippen molar-refractivity contribution in [2.75, 3.05) is 7.11 Å². The first kappa shape index (κ1) is 8.81. The van der Waals surface area contributed by atoms with Gasteiger partial charge in [0.05, 0.1) is 12.6 Å². The molecule has 0 aliphatic heterocycles. The number of hydrogen-bond acceptors (Lipinski definition) is 2. The van der Waals surface area contributed by atoms with Crippen molar-refractivity contribution in [2.24, 2.45) is 0 Å². The van der Waals surface area contributed by atoms with E-state index in [4.69, 9.17) is 4.74 Å². The van der Waals surface area contributed by atoms with Crippen LogP contribution in [0.3, 0.4) is 0 Å². The summed E-state index contributed by atoms with van der Waals surface area (Å²) in [5.41, 5.74) is 1.90. The first-order chi connectivity index (χ1) is 6.72. The molecule has 3 heteroatoms. The van der Waals surface area contributed by atoms with Gasteiger partial charge in [-0.1, -0.05) is 0 Å². The first-order valence-electron chi connectivity index (χ1n) is 4.38. The number of rotatable bonds is 1. The molecule has 14 heavy (non-hydrogen) atoms. The zero-order valence-electron chi connectivity index (χ0n) is 8.13. The molecule has 3 nitrogen and oxygen atoms in total. The van der Waals surface area contributed by atoms with Crippen LogP contribution in [0.15, 0.2) is 29.2 Å². The number of pyridine rings is 1. The van der Waals surface area contributed by atoms with E-state index in [1.54, 1.807) is 19.4 Å². The summed E-state index contributed by atoms with van der Waals surface area (Å²) in [6, 6.07) is 5.17. The Labute approximate surface area is 81.3 Å². The second-order valence-corrected chi connectivity index (χ2v) is 3.21. The Bertz CT molecular complexity index is 528. The molecule has 0 aliphatic rings. The fourth-order valence-corrected chi connectivity index (χ4v) is 1.55. The fraction of sp³-hybridized carbons (Fsp3) is 0.182. The molecule has 1 N–H and O–H groups in total. The van der Waals surface area contributed by atoms with Crippen LogP contribution in [-0.2, 0) is 0 Å². The van der Waals surface area contributed by atoms with Crippen molar-refractivity contribution in [3.8, 4) is 5.75 Å². The van der Waals surface area contributed by atoms with Gasteiger partial charge in [0.1, 0.15) is 5.75 Å². The SMILES string of the molecule is COc1cc(C)c2[nH]ccc(=O)c2c1. The van der Waals surface area contributed by atoms with Gasteiger partial charge >= 0.3 is 0 Å². The van der Waals surface area contributed by atoms with E-state index in [0.29, 0.717) is 11.1 Å². The number of ether oxygens (including phenoxy) is 1. The van der Waals surface area contributed by atoms with Crippen LogP contribution in [0.1, 0.15) is 5.56 Å². The maximum Gasteiger partial charge on any atom is 0.189 e. The van der Waals surface area contributed by atoms with E-state index in [2.05, 4.69) is 4.98 Å². The van der Waals surface area contributed by atoms with Gasteiger partial charge in [-0.05, 0) is 24.6 Å². The van der Waals surface area contributed by atoms with Gasteiger partial charge in [0.25, 0.3) is 0 Å². The van der Waals surface area contributed by atoms with Crippen LogP contribution in [0.5, 0.6) is 5.75 Å². The Morgan fingerprint density at radius 1 is 1.36 bits per heavy atom. The Balaban J connectivity index is 2.91. The Morgan fingerprint density at radius 2 is 2.14 bits per heavy atom. The number of H-pyrrole nitrogens is 1. The Kier molecular flexibility index (Phi) is 2.00. The molecule has 72 valence electrons. The third kappa shape index (κ3) is 1.27. The van der Waals surface area contributed by atoms with Gasteiger partial charge < -0.3 is 9.72 Å². The number of methoxy groups -OCH3 is 1.